The Balaban J connectivity index is 2.62. The Morgan fingerprint density at radius 1 is 1.05 bits per heavy atom. The smallest absolute Gasteiger partial charge is 0.123 e. The summed E-state index contributed by atoms with van der Waals surface area (Å²) in [5.41, 5.74) is 0.299. The molecule has 0 amide bonds. The van der Waals surface area contributed by atoms with E-state index in [4.69, 9.17) is 0 Å². The van der Waals surface area contributed by atoms with E-state index in [9.17, 15) is 13.9 Å². The van der Waals surface area contributed by atoms with Crippen LogP contribution in [0.25, 0.3) is 0 Å². The number of hydrogen-bond acceptors (Lipinski definition) is 1. The van der Waals surface area contributed by atoms with Crippen molar-refractivity contribution < 1.29 is 13.9 Å². The summed E-state index contributed by atoms with van der Waals surface area (Å²) >= 11 is 0. The molecule has 2 aromatic rings. The summed E-state index contributed by atoms with van der Waals surface area (Å²) in [6, 6.07) is 10.1. The summed E-state index contributed by atoms with van der Waals surface area (Å²) in [7, 11) is 0. The molecule has 1 unspecified atom stereocenters. The molecule has 0 saturated heterocycles. The third-order valence-electron chi connectivity index (χ3n) is 3.46. The first-order valence-electron chi connectivity index (χ1n) is 6.22. The quantitative estimate of drug-likeness (QED) is 0.889. The molecule has 0 saturated carbocycles. The first-order valence-corrected chi connectivity index (χ1v) is 6.22. The van der Waals surface area contributed by atoms with Crippen LogP contribution < -0.4 is 0 Å². The maximum atomic E-state index is 13.4. The van der Waals surface area contributed by atoms with Gasteiger partial charge in [-0.05, 0) is 54.3 Å². The number of benzene rings is 2. The second-order valence-electron chi connectivity index (χ2n) is 4.68. The molecule has 1 N–H and O–H groups in total. The van der Waals surface area contributed by atoms with Crippen LogP contribution in [0.4, 0.5) is 8.78 Å². The lowest BCUT2D eigenvalue weighted by atomic mass is 9.82. The van der Waals surface area contributed by atoms with E-state index in [1.54, 1.807) is 32.0 Å². The standard InChI is InChI=1S/C16H16F2O/c1-3-16(19,12-5-4-6-13(17)9-12)15-10-14(18)8-7-11(15)2/h4-10,19H,3H2,1-2H3. The number of aliphatic hydroxyl groups is 1. The molecule has 0 aromatic heterocycles. The lowest BCUT2D eigenvalue weighted by molar-refractivity contribution is 0.0752. The van der Waals surface area contributed by atoms with Crippen LogP contribution in [0, 0.1) is 18.6 Å². The highest BCUT2D eigenvalue weighted by Crippen LogP contribution is 2.35. The van der Waals surface area contributed by atoms with E-state index in [0.29, 0.717) is 17.5 Å². The summed E-state index contributed by atoms with van der Waals surface area (Å²) in [6.07, 6.45) is 0.334. The van der Waals surface area contributed by atoms with Gasteiger partial charge in [-0.1, -0.05) is 25.1 Å². The molecule has 0 radical (unpaired) electrons. The van der Waals surface area contributed by atoms with E-state index >= 15 is 0 Å². The van der Waals surface area contributed by atoms with Crippen LogP contribution in [-0.2, 0) is 5.60 Å². The first kappa shape index (κ1) is 13.7. The van der Waals surface area contributed by atoms with Gasteiger partial charge in [0.15, 0.2) is 0 Å². The van der Waals surface area contributed by atoms with Crippen LogP contribution in [0.5, 0.6) is 0 Å². The maximum absolute atomic E-state index is 13.4. The summed E-state index contributed by atoms with van der Waals surface area (Å²) < 4.78 is 26.8. The van der Waals surface area contributed by atoms with Crippen molar-refractivity contribution in [3.05, 3.63) is 70.8 Å². The molecule has 0 aliphatic heterocycles. The van der Waals surface area contributed by atoms with Crippen LogP contribution in [-0.4, -0.2) is 5.11 Å². The minimum absolute atomic E-state index is 0.334. The fraction of sp³-hybridized carbons (Fsp3) is 0.250. The Kier molecular flexibility index (Phi) is 3.67. The van der Waals surface area contributed by atoms with Crippen LogP contribution >= 0.6 is 0 Å². The minimum atomic E-state index is -1.38. The average molecular weight is 262 g/mol. The predicted octanol–water partition coefficient (Wildman–Crippen LogP) is 3.92. The van der Waals surface area contributed by atoms with Gasteiger partial charge >= 0.3 is 0 Å². The van der Waals surface area contributed by atoms with E-state index in [0.717, 1.165) is 5.56 Å². The van der Waals surface area contributed by atoms with Crippen molar-refractivity contribution in [2.24, 2.45) is 0 Å². The van der Waals surface area contributed by atoms with Crippen LogP contribution in [0.3, 0.4) is 0 Å². The number of hydrogen-bond donors (Lipinski definition) is 1. The maximum Gasteiger partial charge on any atom is 0.123 e. The molecule has 2 rings (SSSR count). The van der Waals surface area contributed by atoms with Crippen molar-refractivity contribution in [1.29, 1.82) is 0 Å². The van der Waals surface area contributed by atoms with E-state index in [2.05, 4.69) is 0 Å². The molecule has 3 heteroatoms. The molecule has 2 aromatic carbocycles. The monoisotopic (exact) mass is 262 g/mol. The first-order chi connectivity index (χ1) is 8.97. The van der Waals surface area contributed by atoms with Crippen molar-refractivity contribution in [3.63, 3.8) is 0 Å². The molecule has 1 atom stereocenters. The van der Waals surface area contributed by atoms with Gasteiger partial charge in [0.05, 0.1) is 0 Å². The predicted molar refractivity (Wildman–Crippen MR) is 70.8 cm³/mol. The minimum Gasteiger partial charge on any atom is -0.380 e. The second-order valence-corrected chi connectivity index (χ2v) is 4.68. The van der Waals surface area contributed by atoms with Crippen LogP contribution in [0.1, 0.15) is 30.0 Å². The third-order valence-corrected chi connectivity index (χ3v) is 3.46. The van der Waals surface area contributed by atoms with Gasteiger partial charge in [-0.25, -0.2) is 8.78 Å². The third kappa shape index (κ3) is 2.51. The lowest BCUT2D eigenvalue weighted by Crippen LogP contribution is -2.27. The summed E-state index contributed by atoms with van der Waals surface area (Å²) in [4.78, 5) is 0. The molecule has 0 spiro atoms. The topological polar surface area (TPSA) is 20.2 Å². The van der Waals surface area contributed by atoms with Gasteiger partial charge in [0.1, 0.15) is 17.2 Å². The van der Waals surface area contributed by atoms with Gasteiger partial charge in [-0.2, -0.15) is 0 Å². The summed E-state index contributed by atoms with van der Waals surface area (Å²) in [5.74, 6) is -0.831. The van der Waals surface area contributed by atoms with Gasteiger partial charge in [0.2, 0.25) is 0 Å². The fourth-order valence-electron chi connectivity index (χ4n) is 2.34. The largest absolute Gasteiger partial charge is 0.380 e. The Morgan fingerprint density at radius 3 is 2.37 bits per heavy atom. The zero-order valence-electron chi connectivity index (χ0n) is 11.0. The zero-order valence-corrected chi connectivity index (χ0v) is 11.0. The Bertz CT molecular complexity index is 595. The molecule has 0 aliphatic rings. The number of aryl methyl sites for hydroxylation is 1. The van der Waals surface area contributed by atoms with Crippen molar-refractivity contribution in [2.75, 3.05) is 0 Å². The molecule has 0 fully saturated rings. The second kappa shape index (κ2) is 5.10. The Labute approximate surface area is 111 Å². The van der Waals surface area contributed by atoms with Gasteiger partial charge < -0.3 is 5.11 Å². The number of rotatable bonds is 3. The average Bonchev–Trinajstić information content (AvgIpc) is 2.40. The molecule has 0 aliphatic carbocycles. The summed E-state index contributed by atoms with van der Waals surface area (Å²) in [5, 5.41) is 10.9. The van der Waals surface area contributed by atoms with Gasteiger partial charge in [0, 0.05) is 0 Å². The molecule has 100 valence electrons. The van der Waals surface area contributed by atoms with E-state index in [1.807, 2.05) is 0 Å². The van der Waals surface area contributed by atoms with E-state index in [-0.39, 0.29) is 0 Å². The van der Waals surface area contributed by atoms with Crippen molar-refractivity contribution >= 4 is 0 Å². The van der Waals surface area contributed by atoms with Crippen LogP contribution in [0.2, 0.25) is 0 Å². The fourth-order valence-corrected chi connectivity index (χ4v) is 2.34. The van der Waals surface area contributed by atoms with Crippen molar-refractivity contribution in [1.82, 2.24) is 0 Å². The molecule has 19 heavy (non-hydrogen) atoms. The molecule has 1 nitrogen and oxygen atoms in total. The van der Waals surface area contributed by atoms with Crippen molar-refractivity contribution in [2.45, 2.75) is 25.9 Å². The normalized spacial score (nSPS) is 14.2. The highest BCUT2D eigenvalue weighted by molar-refractivity contribution is 5.40. The Morgan fingerprint density at radius 2 is 1.74 bits per heavy atom. The van der Waals surface area contributed by atoms with Gasteiger partial charge in [0.25, 0.3) is 0 Å². The SMILES string of the molecule is CCC(O)(c1cccc(F)c1)c1cc(F)ccc1C. The lowest BCUT2D eigenvalue weighted by Gasteiger charge is -2.29. The van der Waals surface area contributed by atoms with Crippen LogP contribution in [0.15, 0.2) is 42.5 Å². The van der Waals surface area contributed by atoms with E-state index in [1.165, 1.54) is 24.3 Å². The van der Waals surface area contributed by atoms with Gasteiger partial charge in [-0.3, -0.25) is 0 Å². The number of halogens is 2. The van der Waals surface area contributed by atoms with Gasteiger partial charge in [-0.15, -0.1) is 0 Å². The molecular formula is C16H16F2O. The van der Waals surface area contributed by atoms with Crippen molar-refractivity contribution in [3.8, 4) is 0 Å². The Hall–Kier alpha value is -1.74. The highest BCUT2D eigenvalue weighted by Gasteiger charge is 2.31. The molecule has 0 heterocycles. The molecule has 0 bridgehead atoms. The zero-order chi connectivity index (χ0) is 14.0. The summed E-state index contributed by atoms with van der Waals surface area (Å²) in [6.45, 7) is 3.59. The highest BCUT2D eigenvalue weighted by atomic mass is 19.1. The van der Waals surface area contributed by atoms with E-state index < -0.39 is 17.2 Å². The molecular weight excluding hydrogens is 246 g/mol.